The molecule has 0 aromatic heterocycles. The standard InChI is InChI=1S/C16H24O2/c1-11-7-8-12(2)13(9-11)16(17)10-14(3,4)18-15(16,5)6/h7-9,17H,10H2,1-6H3. The Kier molecular flexibility index (Phi) is 2.88. The highest BCUT2D eigenvalue weighted by molar-refractivity contribution is 5.38. The van der Waals surface area contributed by atoms with Gasteiger partial charge in [-0.15, -0.1) is 0 Å². The predicted molar refractivity (Wildman–Crippen MR) is 73.7 cm³/mol. The lowest BCUT2D eigenvalue weighted by Crippen LogP contribution is -2.44. The maximum atomic E-state index is 11.2. The number of aliphatic hydroxyl groups is 1. The molecule has 0 saturated carbocycles. The van der Waals surface area contributed by atoms with Crippen molar-refractivity contribution in [2.24, 2.45) is 0 Å². The molecule has 18 heavy (non-hydrogen) atoms. The van der Waals surface area contributed by atoms with Crippen LogP contribution in [-0.4, -0.2) is 16.3 Å². The number of rotatable bonds is 1. The Morgan fingerprint density at radius 3 is 2.22 bits per heavy atom. The normalized spacial score (nSPS) is 29.5. The van der Waals surface area contributed by atoms with E-state index in [0.29, 0.717) is 6.42 Å². The third-order valence-electron chi connectivity index (χ3n) is 4.05. The average molecular weight is 248 g/mol. The van der Waals surface area contributed by atoms with Crippen LogP contribution in [0.25, 0.3) is 0 Å². The molecule has 0 bridgehead atoms. The van der Waals surface area contributed by atoms with Crippen LogP contribution in [0.15, 0.2) is 18.2 Å². The fourth-order valence-electron chi connectivity index (χ4n) is 3.24. The SMILES string of the molecule is Cc1ccc(C)c(C2(O)CC(C)(C)OC2(C)C)c1. The first-order valence-corrected chi connectivity index (χ1v) is 6.58. The first-order chi connectivity index (χ1) is 8.07. The van der Waals surface area contributed by atoms with E-state index in [4.69, 9.17) is 4.74 Å². The molecule has 1 unspecified atom stereocenters. The molecule has 0 radical (unpaired) electrons. The van der Waals surface area contributed by atoms with Gasteiger partial charge in [0.1, 0.15) is 5.60 Å². The molecule has 1 saturated heterocycles. The van der Waals surface area contributed by atoms with Gasteiger partial charge in [0.25, 0.3) is 0 Å². The van der Waals surface area contributed by atoms with E-state index in [1.807, 2.05) is 34.6 Å². The maximum Gasteiger partial charge on any atom is 0.121 e. The number of benzene rings is 1. The third kappa shape index (κ3) is 1.98. The molecule has 1 heterocycles. The van der Waals surface area contributed by atoms with Crippen molar-refractivity contribution in [3.63, 3.8) is 0 Å². The summed E-state index contributed by atoms with van der Waals surface area (Å²) in [4.78, 5) is 0. The highest BCUT2D eigenvalue weighted by Gasteiger charge is 2.57. The molecule has 1 fully saturated rings. The summed E-state index contributed by atoms with van der Waals surface area (Å²) >= 11 is 0. The van der Waals surface area contributed by atoms with Crippen molar-refractivity contribution < 1.29 is 9.84 Å². The lowest BCUT2D eigenvalue weighted by atomic mass is 9.75. The van der Waals surface area contributed by atoms with Gasteiger partial charge in [-0.1, -0.05) is 23.8 Å². The molecule has 1 atom stereocenters. The predicted octanol–water partition coefficient (Wildman–Crippen LogP) is 3.47. The van der Waals surface area contributed by atoms with Crippen molar-refractivity contribution in [3.05, 3.63) is 34.9 Å². The Morgan fingerprint density at radius 2 is 1.72 bits per heavy atom. The first kappa shape index (κ1) is 13.6. The summed E-state index contributed by atoms with van der Waals surface area (Å²) in [5.41, 5.74) is 1.50. The molecular weight excluding hydrogens is 224 g/mol. The van der Waals surface area contributed by atoms with Gasteiger partial charge in [-0.05, 0) is 52.7 Å². The van der Waals surface area contributed by atoms with Gasteiger partial charge in [0.15, 0.2) is 0 Å². The van der Waals surface area contributed by atoms with Crippen LogP contribution in [0.5, 0.6) is 0 Å². The second-order valence-electron chi connectivity index (χ2n) is 6.73. The van der Waals surface area contributed by atoms with Gasteiger partial charge in [-0.25, -0.2) is 0 Å². The Morgan fingerprint density at radius 1 is 1.11 bits per heavy atom. The van der Waals surface area contributed by atoms with E-state index in [9.17, 15) is 5.11 Å². The highest BCUT2D eigenvalue weighted by Crippen LogP contribution is 2.51. The van der Waals surface area contributed by atoms with E-state index >= 15 is 0 Å². The minimum Gasteiger partial charge on any atom is -0.382 e. The second-order valence-corrected chi connectivity index (χ2v) is 6.73. The van der Waals surface area contributed by atoms with Gasteiger partial charge in [-0.3, -0.25) is 0 Å². The average Bonchev–Trinajstić information content (AvgIpc) is 2.35. The highest BCUT2D eigenvalue weighted by atomic mass is 16.5. The first-order valence-electron chi connectivity index (χ1n) is 6.58. The molecule has 2 rings (SSSR count). The summed E-state index contributed by atoms with van der Waals surface area (Å²) in [5.74, 6) is 0. The molecule has 1 aromatic carbocycles. The van der Waals surface area contributed by atoms with Gasteiger partial charge in [0, 0.05) is 6.42 Å². The van der Waals surface area contributed by atoms with Crippen LogP contribution in [0, 0.1) is 13.8 Å². The van der Waals surface area contributed by atoms with Gasteiger partial charge in [0.2, 0.25) is 0 Å². The van der Waals surface area contributed by atoms with E-state index in [2.05, 4.69) is 25.1 Å². The zero-order valence-electron chi connectivity index (χ0n) is 12.3. The summed E-state index contributed by atoms with van der Waals surface area (Å²) in [7, 11) is 0. The Labute approximate surface area is 110 Å². The number of hydrogen-bond donors (Lipinski definition) is 1. The molecule has 2 heteroatoms. The van der Waals surface area contributed by atoms with Crippen molar-refractivity contribution >= 4 is 0 Å². The van der Waals surface area contributed by atoms with Crippen molar-refractivity contribution in [2.75, 3.05) is 0 Å². The zero-order chi connectivity index (χ0) is 13.8. The zero-order valence-corrected chi connectivity index (χ0v) is 12.3. The molecule has 0 spiro atoms. The molecule has 1 aromatic rings. The largest absolute Gasteiger partial charge is 0.382 e. The fraction of sp³-hybridized carbons (Fsp3) is 0.625. The topological polar surface area (TPSA) is 29.5 Å². The fourth-order valence-corrected chi connectivity index (χ4v) is 3.24. The Balaban J connectivity index is 2.58. The Hall–Kier alpha value is -0.860. The number of hydrogen-bond acceptors (Lipinski definition) is 2. The smallest absolute Gasteiger partial charge is 0.121 e. The molecule has 1 aliphatic rings. The van der Waals surface area contributed by atoms with Crippen molar-refractivity contribution in [1.29, 1.82) is 0 Å². The lowest BCUT2D eigenvalue weighted by molar-refractivity contribution is -0.130. The van der Waals surface area contributed by atoms with Gasteiger partial charge in [0.05, 0.1) is 11.2 Å². The van der Waals surface area contributed by atoms with Crippen LogP contribution in [0.4, 0.5) is 0 Å². The maximum absolute atomic E-state index is 11.2. The van der Waals surface area contributed by atoms with E-state index in [-0.39, 0.29) is 5.60 Å². The van der Waals surface area contributed by atoms with Gasteiger partial charge < -0.3 is 9.84 Å². The summed E-state index contributed by atoms with van der Waals surface area (Å²) in [5, 5.41) is 11.2. The molecule has 0 amide bonds. The molecule has 1 aliphatic heterocycles. The molecule has 1 N–H and O–H groups in total. The molecule has 0 aliphatic carbocycles. The monoisotopic (exact) mass is 248 g/mol. The quantitative estimate of drug-likeness (QED) is 0.824. The van der Waals surface area contributed by atoms with E-state index < -0.39 is 11.2 Å². The number of aryl methyl sites for hydroxylation is 2. The minimum absolute atomic E-state index is 0.297. The molecule has 100 valence electrons. The Bertz CT molecular complexity index is 474. The van der Waals surface area contributed by atoms with E-state index in [1.165, 1.54) is 5.56 Å². The summed E-state index contributed by atoms with van der Waals surface area (Å²) < 4.78 is 6.05. The van der Waals surface area contributed by atoms with Crippen LogP contribution in [-0.2, 0) is 10.3 Å². The number of ether oxygens (including phenoxy) is 1. The lowest BCUT2D eigenvalue weighted by Gasteiger charge is -2.36. The van der Waals surface area contributed by atoms with Crippen LogP contribution in [0.1, 0.15) is 50.8 Å². The third-order valence-corrected chi connectivity index (χ3v) is 4.05. The summed E-state index contributed by atoms with van der Waals surface area (Å²) in [6.07, 6.45) is 0.622. The molecular formula is C16H24O2. The van der Waals surface area contributed by atoms with Crippen LogP contribution in [0.2, 0.25) is 0 Å². The summed E-state index contributed by atoms with van der Waals surface area (Å²) in [6, 6.07) is 6.24. The van der Waals surface area contributed by atoms with Crippen molar-refractivity contribution in [3.8, 4) is 0 Å². The van der Waals surface area contributed by atoms with Gasteiger partial charge in [-0.2, -0.15) is 0 Å². The second kappa shape index (κ2) is 3.82. The van der Waals surface area contributed by atoms with Gasteiger partial charge >= 0.3 is 0 Å². The minimum atomic E-state index is -0.924. The molecule has 2 nitrogen and oxygen atoms in total. The van der Waals surface area contributed by atoms with Crippen molar-refractivity contribution in [1.82, 2.24) is 0 Å². The van der Waals surface area contributed by atoms with Crippen molar-refractivity contribution in [2.45, 2.75) is 64.8 Å². The van der Waals surface area contributed by atoms with Crippen LogP contribution >= 0.6 is 0 Å². The van der Waals surface area contributed by atoms with E-state index in [1.54, 1.807) is 0 Å². The van der Waals surface area contributed by atoms with Crippen LogP contribution < -0.4 is 0 Å². The van der Waals surface area contributed by atoms with Crippen LogP contribution in [0.3, 0.4) is 0 Å². The summed E-state index contributed by atoms with van der Waals surface area (Å²) in [6.45, 7) is 12.1. The van der Waals surface area contributed by atoms with E-state index in [0.717, 1.165) is 11.1 Å².